The third-order valence-electron chi connectivity index (χ3n) is 11.5. The van der Waals surface area contributed by atoms with Crippen molar-refractivity contribution in [2.24, 2.45) is 4.99 Å². The number of H-pyrrole nitrogens is 2. The van der Waals surface area contributed by atoms with Crippen molar-refractivity contribution in [2.45, 2.75) is 0 Å². The number of anilines is 5. The van der Waals surface area contributed by atoms with E-state index >= 15 is 0 Å². The van der Waals surface area contributed by atoms with Crippen LogP contribution >= 0.6 is 0 Å². The molecule has 2 aliphatic rings. The highest BCUT2D eigenvalue weighted by Crippen LogP contribution is 2.32. The zero-order valence-electron chi connectivity index (χ0n) is 38.3. The number of nitrogens with one attached hydrogen (secondary N) is 4. The number of nitrogen functional groups attached to an aromatic ring is 1. The van der Waals surface area contributed by atoms with Crippen molar-refractivity contribution in [3.63, 3.8) is 0 Å². The second-order valence-electron chi connectivity index (χ2n) is 16.1. The first kappa shape index (κ1) is 46.1. The highest BCUT2D eigenvalue weighted by molar-refractivity contribution is 5.99. The maximum Gasteiger partial charge on any atom is 0.326 e. The maximum atomic E-state index is 12.4. The number of aliphatic imine (C=N–C) groups is 1. The van der Waals surface area contributed by atoms with Crippen LogP contribution in [0.2, 0.25) is 0 Å². The Kier molecular flexibility index (Phi) is 13.9. The van der Waals surface area contributed by atoms with E-state index < -0.39 is 6.03 Å². The molecule has 0 spiro atoms. The summed E-state index contributed by atoms with van der Waals surface area (Å²) >= 11 is 0. The van der Waals surface area contributed by atoms with Gasteiger partial charge in [0.1, 0.15) is 47.0 Å². The minimum absolute atomic E-state index is 0.145. The molecule has 0 atom stereocenters. The number of nitrogens with two attached hydrogens (primary N) is 1. The van der Waals surface area contributed by atoms with E-state index in [4.69, 9.17) is 24.3 Å². The molecule has 2 aromatic carbocycles. The van der Waals surface area contributed by atoms with Crippen LogP contribution in [0.4, 0.5) is 39.6 Å². The molecule has 22 heteroatoms. The molecule has 0 unspecified atom stereocenters. The molecule has 2 aliphatic heterocycles. The van der Waals surface area contributed by atoms with Gasteiger partial charge in [-0.15, -0.1) is 4.99 Å². The normalized spacial score (nSPS) is 13.3. The number of aromatic amines is 2. The minimum atomic E-state index is -0.434. The summed E-state index contributed by atoms with van der Waals surface area (Å²) in [6.07, 6.45) is 11.2. The number of morpholine rings is 2. The van der Waals surface area contributed by atoms with Crippen LogP contribution in [0.3, 0.4) is 0 Å². The van der Waals surface area contributed by atoms with Crippen LogP contribution in [0, 0.1) is 0 Å². The summed E-state index contributed by atoms with van der Waals surface area (Å²) in [7, 11) is 0. The molecule has 0 aliphatic carbocycles. The summed E-state index contributed by atoms with van der Waals surface area (Å²) in [6.45, 7) is 6.16. The van der Waals surface area contributed by atoms with Gasteiger partial charge in [0.25, 0.3) is 5.88 Å². The number of rotatable bonds is 9. The molecule has 0 bridgehead atoms. The molecule has 360 valence electrons. The molecule has 2 fully saturated rings. The number of isocyanates is 1. The standard InChI is InChI=1S/C25H22N8O3.C16H17N5O.C9H5N3O2/c34-25(31-22-14-21(32-36-22)17-5-7-26-8-6-17)29-18-3-1-16(2-4-18)20-13-19-23(30-20)27-15-28-24(19)33-9-11-35-12-10-33;17-12-3-1-11(2-4-12)14-9-13-15(20-14)18-10-19-16(13)21-5-7-22-8-6-21;13-6-11-9-5-8(12-14-9)7-1-3-10-4-2-7/h1-8,13-15H,9-12H2,(H,27,28,30)(H2,29,31,34);1-4,9-10H,5-8,17H2,(H,18,19,20);1-5H. The van der Waals surface area contributed by atoms with E-state index in [-0.39, 0.29) is 11.8 Å². The van der Waals surface area contributed by atoms with Gasteiger partial charge in [-0.1, -0.05) is 34.6 Å². The third-order valence-corrected chi connectivity index (χ3v) is 11.5. The number of carbonyl (C=O) groups excluding carboxylic acids is 2. The number of pyridine rings is 2. The molecule has 2 amide bonds. The van der Waals surface area contributed by atoms with Crippen molar-refractivity contribution in [2.75, 3.05) is 78.8 Å². The molecule has 6 N–H and O–H groups in total. The van der Waals surface area contributed by atoms with Gasteiger partial charge in [0.05, 0.1) is 37.2 Å². The second kappa shape index (κ2) is 21.8. The van der Waals surface area contributed by atoms with Gasteiger partial charge in [-0.25, -0.2) is 29.5 Å². The molecule has 22 nitrogen and oxygen atoms in total. The van der Waals surface area contributed by atoms with Crippen LogP contribution < -0.4 is 26.2 Å². The van der Waals surface area contributed by atoms with E-state index in [1.807, 2.05) is 60.7 Å². The van der Waals surface area contributed by atoms with Gasteiger partial charge in [-0.05, 0) is 71.8 Å². The summed E-state index contributed by atoms with van der Waals surface area (Å²) in [4.78, 5) is 62.4. The zero-order chi connectivity index (χ0) is 49.1. The molecule has 10 heterocycles. The van der Waals surface area contributed by atoms with Crippen molar-refractivity contribution in [3.8, 4) is 45.0 Å². The van der Waals surface area contributed by atoms with Crippen LogP contribution in [0.5, 0.6) is 0 Å². The Labute approximate surface area is 409 Å². The summed E-state index contributed by atoms with van der Waals surface area (Å²) < 4.78 is 20.9. The van der Waals surface area contributed by atoms with Crippen molar-refractivity contribution in [1.29, 1.82) is 0 Å². The third kappa shape index (κ3) is 11.0. The number of aromatic nitrogens is 10. The Balaban J connectivity index is 0.000000140. The van der Waals surface area contributed by atoms with Crippen LogP contribution in [0.15, 0.2) is 149 Å². The largest absolute Gasteiger partial charge is 0.399 e. The molecular formula is C50H44N16O6. The second-order valence-corrected chi connectivity index (χ2v) is 16.1. The van der Waals surface area contributed by atoms with E-state index in [0.29, 0.717) is 30.3 Å². The summed E-state index contributed by atoms with van der Waals surface area (Å²) in [5, 5.41) is 15.2. The lowest BCUT2D eigenvalue weighted by atomic mass is 10.1. The molecular weight excluding hydrogens is 921 g/mol. The summed E-state index contributed by atoms with van der Waals surface area (Å²) in [6, 6.07) is 29.4. The smallest absolute Gasteiger partial charge is 0.326 e. The Bertz CT molecular complexity index is 3430. The lowest BCUT2D eigenvalue weighted by Gasteiger charge is -2.27. The Morgan fingerprint density at radius 3 is 1.62 bits per heavy atom. The first-order valence-electron chi connectivity index (χ1n) is 22.6. The zero-order valence-corrected chi connectivity index (χ0v) is 38.3. The SMILES string of the molecule is Nc1ccc(-c2cc3c(N4CCOCC4)ncnc3[nH]2)cc1.O=C(Nc1ccc(-c2cc3c(N4CCOCC4)ncnc3[nH]2)cc1)Nc1cc(-c2ccncc2)no1.O=C=Nc1cc(-c2ccncc2)no1. The fourth-order valence-electron chi connectivity index (χ4n) is 7.90. The van der Waals surface area contributed by atoms with E-state index in [1.54, 1.807) is 61.7 Å². The number of amides is 2. The average molecular weight is 965 g/mol. The lowest BCUT2D eigenvalue weighted by Crippen LogP contribution is -2.36. The molecule has 2 saturated heterocycles. The number of benzene rings is 2. The quantitative estimate of drug-likeness (QED) is 0.0522. The van der Waals surface area contributed by atoms with Gasteiger partial charge in [-0.3, -0.25) is 15.3 Å². The first-order chi connectivity index (χ1) is 35.4. The predicted molar refractivity (Wildman–Crippen MR) is 269 cm³/mol. The van der Waals surface area contributed by atoms with Gasteiger partial charge in [-0.2, -0.15) is 0 Å². The predicted octanol–water partition coefficient (Wildman–Crippen LogP) is 7.90. The molecule has 10 aromatic rings. The van der Waals surface area contributed by atoms with Crippen molar-refractivity contribution < 1.29 is 28.1 Å². The van der Waals surface area contributed by atoms with Crippen LogP contribution in [0.1, 0.15) is 0 Å². The topological polar surface area (TPSA) is 282 Å². The first-order valence-corrected chi connectivity index (χ1v) is 22.6. The fourth-order valence-corrected chi connectivity index (χ4v) is 7.90. The van der Waals surface area contributed by atoms with Gasteiger partial charge in [0.2, 0.25) is 12.0 Å². The number of hydrogen-bond acceptors (Lipinski definition) is 18. The Morgan fingerprint density at radius 1 is 0.597 bits per heavy atom. The molecule has 8 aromatic heterocycles. The fraction of sp³-hybridized carbons (Fsp3) is 0.160. The van der Waals surface area contributed by atoms with Crippen molar-refractivity contribution in [3.05, 3.63) is 135 Å². The van der Waals surface area contributed by atoms with Crippen molar-refractivity contribution >= 4 is 69.0 Å². The molecule has 12 rings (SSSR count). The van der Waals surface area contributed by atoms with Gasteiger partial charge < -0.3 is 49.3 Å². The van der Waals surface area contributed by atoms with E-state index in [9.17, 15) is 9.59 Å². The molecule has 0 saturated carbocycles. The van der Waals surface area contributed by atoms with Crippen molar-refractivity contribution in [1.82, 2.24) is 50.2 Å². The highest BCUT2D eigenvalue weighted by Gasteiger charge is 2.20. The summed E-state index contributed by atoms with van der Waals surface area (Å²) in [5.41, 5.74) is 15.7. The van der Waals surface area contributed by atoms with Crippen LogP contribution in [-0.4, -0.2) is 115 Å². The number of fused-ring (bicyclic) bond motifs is 2. The highest BCUT2D eigenvalue weighted by atomic mass is 16.5. The average Bonchev–Trinajstić information content (AvgIpc) is 4.28. The van der Waals surface area contributed by atoms with Gasteiger partial charge >= 0.3 is 6.03 Å². The monoisotopic (exact) mass is 964 g/mol. The Hall–Kier alpha value is -9.63. The number of hydrogen-bond donors (Lipinski definition) is 5. The molecule has 72 heavy (non-hydrogen) atoms. The number of nitrogens with zero attached hydrogens (tertiary/aromatic N) is 11. The number of ether oxygens (including phenoxy) is 2. The van der Waals surface area contributed by atoms with Crippen LogP contribution in [0.25, 0.3) is 67.1 Å². The number of carbonyl (C=O) groups is 1. The minimum Gasteiger partial charge on any atom is -0.399 e. The Morgan fingerprint density at radius 2 is 1.10 bits per heavy atom. The lowest BCUT2D eigenvalue weighted by molar-refractivity contribution is 0.122. The van der Waals surface area contributed by atoms with Gasteiger partial charge in [0.15, 0.2) is 0 Å². The van der Waals surface area contributed by atoms with E-state index in [1.165, 1.54) is 6.08 Å². The van der Waals surface area contributed by atoms with E-state index in [2.05, 4.69) is 87.7 Å². The van der Waals surface area contributed by atoms with E-state index in [0.717, 1.165) is 112 Å². The van der Waals surface area contributed by atoms with Gasteiger partial charge in [0, 0.05) is 97.0 Å². The number of urea groups is 1. The maximum absolute atomic E-state index is 12.4. The van der Waals surface area contributed by atoms with Crippen LogP contribution in [-0.2, 0) is 14.3 Å². The molecule has 0 radical (unpaired) electrons. The summed E-state index contributed by atoms with van der Waals surface area (Å²) in [5.74, 6) is 2.25.